The number of nitrogens with zero attached hydrogens (tertiary/aromatic N) is 1. The van der Waals surface area contributed by atoms with E-state index in [4.69, 9.17) is 0 Å². The van der Waals surface area contributed by atoms with Crippen molar-refractivity contribution in [3.05, 3.63) is 35.6 Å². The highest BCUT2D eigenvalue weighted by molar-refractivity contribution is 7.99. The van der Waals surface area contributed by atoms with E-state index in [0.717, 1.165) is 17.9 Å². The van der Waals surface area contributed by atoms with Crippen LogP contribution in [0.4, 0.5) is 4.39 Å². The van der Waals surface area contributed by atoms with Crippen molar-refractivity contribution in [1.82, 2.24) is 10.2 Å². The number of rotatable bonds is 3. The zero-order valence-electron chi connectivity index (χ0n) is 10.3. The molecule has 2 atom stereocenters. The Morgan fingerprint density at radius 2 is 2.24 bits per heavy atom. The third-order valence-electron chi connectivity index (χ3n) is 3.38. The summed E-state index contributed by atoms with van der Waals surface area (Å²) in [6.45, 7) is 1.07. The molecule has 17 heavy (non-hydrogen) atoms. The highest BCUT2D eigenvalue weighted by Gasteiger charge is 2.29. The summed E-state index contributed by atoms with van der Waals surface area (Å²) in [4.78, 5) is 2.32. The van der Waals surface area contributed by atoms with Gasteiger partial charge in [-0.3, -0.25) is 4.90 Å². The van der Waals surface area contributed by atoms with Gasteiger partial charge in [0, 0.05) is 29.7 Å². The normalized spacial score (nSPS) is 23.6. The molecule has 1 aliphatic rings. The minimum atomic E-state index is -0.115. The van der Waals surface area contributed by atoms with Crippen LogP contribution in [0.1, 0.15) is 11.6 Å². The Morgan fingerprint density at radius 1 is 1.47 bits per heavy atom. The lowest BCUT2D eigenvalue weighted by Gasteiger charge is -2.38. The van der Waals surface area contributed by atoms with E-state index in [9.17, 15) is 4.39 Å². The number of hydrogen-bond acceptors (Lipinski definition) is 3. The first-order valence-electron chi connectivity index (χ1n) is 5.93. The van der Waals surface area contributed by atoms with Crippen LogP contribution in [0.15, 0.2) is 24.3 Å². The van der Waals surface area contributed by atoms with Crippen molar-refractivity contribution in [2.75, 3.05) is 32.1 Å². The van der Waals surface area contributed by atoms with Gasteiger partial charge >= 0.3 is 0 Å². The molecule has 1 fully saturated rings. The second-order valence-electron chi connectivity index (χ2n) is 4.41. The number of benzene rings is 1. The standard InChI is InChI=1S/C13H19FN2S/c1-15-13(10-5-3-4-6-11(10)14)12-9-17-8-7-16(12)2/h3-6,12-13,15H,7-9H2,1-2H3. The van der Waals surface area contributed by atoms with Gasteiger partial charge in [0.2, 0.25) is 0 Å². The van der Waals surface area contributed by atoms with Crippen LogP contribution >= 0.6 is 11.8 Å². The highest BCUT2D eigenvalue weighted by atomic mass is 32.2. The molecule has 0 aromatic heterocycles. The van der Waals surface area contributed by atoms with Gasteiger partial charge in [-0.2, -0.15) is 11.8 Å². The van der Waals surface area contributed by atoms with Gasteiger partial charge in [-0.25, -0.2) is 4.39 Å². The quantitative estimate of drug-likeness (QED) is 0.889. The van der Waals surface area contributed by atoms with E-state index >= 15 is 0 Å². The second kappa shape index (κ2) is 5.85. The maximum Gasteiger partial charge on any atom is 0.128 e. The molecule has 0 radical (unpaired) electrons. The molecule has 2 nitrogen and oxygen atoms in total. The lowest BCUT2D eigenvalue weighted by molar-refractivity contribution is 0.218. The maximum atomic E-state index is 13.8. The number of thioether (sulfide) groups is 1. The van der Waals surface area contributed by atoms with Crippen molar-refractivity contribution in [1.29, 1.82) is 0 Å². The summed E-state index contributed by atoms with van der Waals surface area (Å²) in [5.74, 6) is 2.10. The molecule has 2 unspecified atom stereocenters. The smallest absolute Gasteiger partial charge is 0.128 e. The first kappa shape index (κ1) is 12.9. The third-order valence-corrected chi connectivity index (χ3v) is 4.43. The molecule has 0 saturated carbocycles. The van der Waals surface area contributed by atoms with Crippen LogP contribution in [0.25, 0.3) is 0 Å². The molecule has 4 heteroatoms. The van der Waals surface area contributed by atoms with Gasteiger partial charge < -0.3 is 5.32 Å². The van der Waals surface area contributed by atoms with Gasteiger partial charge in [-0.1, -0.05) is 18.2 Å². The van der Waals surface area contributed by atoms with Crippen LogP contribution < -0.4 is 5.32 Å². The fourth-order valence-electron chi connectivity index (χ4n) is 2.34. The fraction of sp³-hybridized carbons (Fsp3) is 0.538. The predicted molar refractivity (Wildman–Crippen MR) is 71.9 cm³/mol. The molecule has 1 saturated heterocycles. The summed E-state index contributed by atoms with van der Waals surface area (Å²) in [5.41, 5.74) is 0.773. The molecule has 1 heterocycles. The maximum absolute atomic E-state index is 13.8. The van der Waals surface area contributed by atoms with Crippen LogP contribution in [0.5, 0.6) is 0 Å². The fourth-order valence-corrected chi connectivity index (χ4v) is 3.61. The summed E-state index contributed by atoms with van der Waals surface area (Å²) in [6.07, 6.45) is 0. The van der Waals surface area contributed by atoms with E-state index in [1.807, 2.05) is 30.9 Å². The zero-order valence-corrected chi connectivity index (χ0v) is 11.1. The molecule has 94 valence electrons. The molecule has 0 bridgehead atoms. The predicted octanol–water partition coefficient (Wildman–Crippen LogP) is 2.13. The van der Waals surface area contributed by atoms with Crippen molar-refractivity contribution in [2.45, 2.75) is 12.1 Å². The Hall–Kier alpha value is -0.580. The lowest BCUT2D eigenvalue weighted by atomic mass is 9.99. The van der Waals surface area contributed by atoms with E-state index in [0.29, 0.717) is 6.04 Å². The van der Waals surface area contributed by atoms with E-state index in [1.165, 1.54) is 11.8 Å². The number of likely N-dealkylation sites (N-methyl/N-ethyl adjacent to an activating group) is 2. The molecule has 1 aliphatic heterocycles. The Kier molecular flexibility index (Phi) is 4.42. The third kappa shape index (κ3) is 2.81. The largest absolute Gasteiger partial charge is 0.312 e. The van der Waals surface area contributed by atoms with Crippen molar-refractivity contribution in [3.63, 3.8) is 0 Å². The summed E-state index contributed by atoms with van der Waals surface area (Å²) in [5, 5.41) is 3.26. The molecule has 0 spiro atoms. The van der Waals surface area contributed by atoms with Gasteiger partial charge in [-0.15, -0.1) is 0 Å². The van der Waals surface area contributed by atoms with Crippen LogP contribution in [0.3, 0.4) is 0 Å². The molecule has 0 aliphatic carbocycles. The molecule has 1 aromatic carbocycles. The second-order valence-corrected chi connectivity index (χ2v) is 5.56. The summed E-state index contributed by atoms with van der Waals surface area (Å²) in [7, 11) is 4.03. The average Bonchev–Trinajstić information content (AvgIpc) is 2.34. The molecule has 1 aromatic rings. The average molecular weight is 254 g/mol. The Morgan fingerprint density at radius 3 is 2.88 bits per heavy atom. The summed E-state index contributed by atoms with van der Waals surface area (Å²) < 4.78 is 13.8. The van der Waals surface area contributed by atoms with Crippen molar-refractivity contribution in [2.24, 2.45) is 0 Å². The van der Waals surface area contributed by atoms with E-state index in [1.54, 1.807) is 6.07 Å². The van der Waals surface area contributed by atoms with Crippen LogP contribution in [-0.4, -0.2) is 43.1 Å². The molecule has 0 amide bonds. The minimum Gasteiger partial charge on any atom is -0.312 e. The van der Waals surface area contributed by atoms with Crippen molar-refractivity contribution < 1.29 is 4.39 Å². The topological polar surface area (TPSA) is 15.3 Å². The van der Waals surface area contributed by atoms with Gasteiger partial charge in [0.1, 0.15) is 5.82 Å². The molecular weight excluding hydrogens is 235 g/mol. The number of nitrogens with one attached hydrogen (secondary N) is 1. The van der Waals surface area contributed by atoms with E-state index in [2.05, 4.69) is 17.3 Å². The number of hydrogen-bond donors (Lipinski definition) is 1. The molecular formula is C13H19FN2S. The first-order valence-corrected chi connectivity index (χ1v) is 7.09. The Bertz CT molecular complexity index is 372. The highest BCUT2D eigenvalue weighted by Crippen LogP contribution is 2.27. The lowest BCUT2D eigenvalue weighted by Crippen LogP contribution is -2.47. The van der Waals surface area contributed by atoms with E-state index < -0.39 is 0 Å². The summed E-state index contributed by atoms with van der Waals surface area (Å²) in [6, 6.07) is 7.48. The SMILES string of the molecule is CNC(c1ccccc1F)C1CSCCN1C. The van der Waals surface area contributed by atoms with Crippen LogP contribution in [0, 0.1) is 5.82 Å². The van der Waals surface area contributed by atoms with E-state index in [-0.39, 0.29) is 11.9 Å². The minimum absolute atomic E-state index is 0.0639. The molecule has 2 rings (SSSR count). The van der Waals surface area contributed by atoms with Gasteiger partial charge in [0.25, 0.3) is 0 Å². The molecule has 1 N–H and O–H groups in total. The first-order chi connectivity index (χ1) is 8.24. The monoisotopic (exact) mass is 254 g/mol. The number of halogens is 1. The van der Waals surface area contributed by atoms with Crippen molar-refractivity contribution >= 4 is 11.8 Å². The van der Waals surface area contributed by atoms with Gasteiger partial charge in [-0.05, 0) is 20.2 Å². The van der Waals surface area contributed by atoms with Crippen LogP contribution in [0.2, 0.25) is 0 Å². The van der Waals surface area contributed by atoms with Gasteiger partial charge in [0.15, 0.2) is 0 Å². The zero-order chi connectivity index (χ0) is 12.3. The Labute approximate surface area is 107 Å². The van der Waals surface area contributed by atoms with Crippen LogP contribution in [-0.2, 0) is 0 Å². The van der Waals surface area contributed by atoms with Gasteiger partial charge in [0.05, 0.1) is 6.04 Å². The summed E-state index contributed by atoms with van der Waals surface area (Å²) >= 11 is 1.95. The Balaban J connectivity index is 2.23. The van der Waals surface area contributed by atoms with Crippen molar-refractivity contribution in [3.8, 4) is 0 Å².